The van der Waals surface area contributed by atoms with Crippen molar-refractivity contribution in [3.05, 3.63) is 40.8 Å². The van der Waals surface area contributed by atoms with Crippen molar-refractivity contribution in [3.63, 3.8) is 0 Å². The molecule has 0 radical (unpaired) electrons. The molecule has 0 spiro atoms. The molecule has 2 heterocycles. The average molecular weight is 390 g/mol. The van der Waals surface area contributed by atoms with Gasteiger partial charge >= 0.3 is 12.0 Å². The van der Waals surface area contributed by atoms with Gasteiger partial charge in [0.05, 0.1) is 6.61 Å². The quantitative estimate of drug-likeness (QED) is 0.577. The van der Waals surface area contributed by atoms with Crippen LogP contribution in [0.4, 0.5) is 4.79 Å². The number of carbonyl (C=O) groups excluding carboxylic acids is 3. The van der Waals surface area contributed by atoms with Crippen LogP contribution in [0.2, 0.25) is 0 Å². The zero-order valence-electron chi connectivity index (χ0n) is 14.6. The minimum absolute atomic E-state index is 0.264. The van der Waals surface area contributed by atoms with E-state index in [9.17, 15) is 14.4 Å². The van der Waals surface area contributed by atoms with E-state index in [1.54, 1.807) is 6.07 Å². The number of rotatable bonds is 6. The van der Waals surface area contributed by atoms with E-state index >= 15 is 0 Å². The Morgan fingerprint density at radius 3 is 2.89 bits per heavy atom. The Labute approximate surface area is 159 Å². The van der Waals surface area contributed by atoms with Gasteiger partial charge in [-0.25, -0.2) is 9.59 Å². The molecule has 0 bridgehead atoms. The SMILES string of the molecule is COCCNC(=O)NC(=O)COC(=O)c1cc2c(s1)-c1ccccc1OC2. The van der Waals surface area contributed by atoms with Gasteiger partial charge in [0.25, 0.3) is 5.91 Å². The van der Waals surface area contributed by atoms with E-state index in [0.717, 1.165) is 21.8 Å². The first-order valence-corrected chi connectivity index (χ1v) is 8.99. The lowest BCUT2D eigenvalue weighted by Gasteiger charge is -2.16. The van der Waals surface area contributed by atoms with E-state index in [4.69, 9.17) is 14.2 Å². The third-order valence-corrected chi connectivity index (χ3v) is 4.89. The molecule has 0 aliphatic carbocycles. The minimum atomic E-state index is -0.715. The van der Waals surface area contributed by atoms with Crippen molar-refractivity contribution in [2.45, 2.75) is 6.61 Å². The van der Waals surface area contributed by atoms with Gasteiger partial charge in [-0.2, -0.15) is 0 Å². The highest BCUT2D eigenvalue weighted by atomic mass is 32.1. The second-order valence-electron chi connectivity index (χ2n) is 5.62. The van der Waals surface area contributed by atoms with Gasteiger partial charge in [-0.3, -0.25) is 10.1 Å². The zero-order valence-corrected chi connectivity index (χ0v) is 15.4. The predicted octanol–water partition coefficient (Wildman–Crippen LogP) is 1.94. The van der Waals surface area contributed by atoms with Crippen LogP contribution in [0.5, 0.6) is 5.75 Å². The van der Waals surface area contributed by atoms with Gasteiger partial charge in [0.15, 0.2) is 6.61 Å². The normalized spacial score (nSPS) is 11.6. The number of methoxy groups -OCH3 is 1. The van der Waals surface area contributed by atoms with E-state index in [2.05, 4.69) is 10.6 Å². The summed E-state index contributed by atoms with van der Waals surface area (Å²) in [5.41, 5.74) is 1.82. The third-order valence-electron chi connectivity index (χ3n) is 3.70. The smallest absolute Gasteiger partial charge is 0.348 e. The molecular formula is C18H18N2O6S. The summed E-state index contributed by atoms with van der Waals surface area (Å²) in [4.78, 5) is 36.7. The Morgan fingerprint density at radius 2 is 2.07 bits per heavy atom. The fraction of sp³-hybridized carbons (Fsp3) is 0.278. The van der Waals surface area contributed by atoms with Crippen molar-refractivity contribution in [1.29, 1.82) is 0 Å². The fourth-order valence-electron chi connectivity index (χ4n) is 2.48. The summed E-state index contributed by atoms with van der Waals surface area (Å²) < 4.78 is 15.4. The van der Waals surface area contributed by atoms with E-state index in [1.165, 1.54) is 18.4 Å². The molecular weight excluding hydrogens is 372 g/mol. The van der Waals surface area contributed by atoms with E-state index < -0.39 is 24.5 Å². The van der Waals surface area contributed by atoms with Crippen LogP contribution in [0.15, 0.2) is 30.3 Å². The maximum atomic E-state index is 12.2. The van der Waals surface area contributed by atoms with Crippen molar-refractivity contribution in [2.24, 2.45) is 0 Å². The molecule has 0 saturated heterocycles. The summed E-state index contributed by atoms with van der Waals surface area (Å²) in [6.45, 7) is 0.413. The summed E-state index contributed by atoms with van der Waals surface area (Å²) in [6.07, 6.45) is 0. The Kier molecular flexibility index (Phi) is 6.05. The molecule has 0 atom stereocenters. The molecule has 3 rings (SSSR count). The number of carbonyl (C=O) groups is 3. The van der Waals surface area contributed by atoms with Crippen molar-refractivity contribution in [2.75, 3.05) is 26.9 Å². The number of thiophene rings is 1. The lowest BCUT2D eigenvalue weighted by molar-refractivity contribution is -0.123. The van der Waals surface area contributed by atoms with Crippen molar-refractivity contribution < 1.29 is 28.6 Å². The van der Waals surface area contributed by atoms with Crippen LogP contribution in [0.3, 0.4) is 0 Å². The van der Waals surface area contributed by atoms with Gasteiger partial charge in [0.1, 0.15) is 17.2 Å². The highest BCUT2D eigenvalue weighted by molar-refractivity contribution is 7.17. The van der Waals surface area contributed by atoms with Crippen molar-refractivity contribution in [1.82, 2.24) is 10.6 Å². The van der Waals surface area contributed by atoms with Gasteiger partial charge in [-0.05, 0) is 18.2 Å². The molecule has 0 saturated carbocycles. The Morgan fingerprint density at radius 1 is 1.26 bits per heavy atom. The monoisotopic (exact) mass is 390 g/mol. The van der Waals surface area contributed by atoms with Crippen LogP contribution < -0.4 is 15.4 Å². The van der Waals surface area contributed by atoms with Gasteiger partial charge in [-0.1, -0.05) is 12.1 Å². The molecule has 2 aromatic rings. The number of urea groups is 1. The van der Waals surface area contributed by atoms with Crippen molar-refractivity contribution in [3.8, 4) is 16.2 Å². The second kappa shape index (κ2) is 8.65. The molecule has 0 fully saturated rings. The molecule has 3 amide bonds. The molecule has 2 N–H and O–H groups in total. The molecule has 0 unspecified atom stereocenters. The molecule has 9 heteroatoms. The molecule has 8 nitrogen and oxygen atoms in total. The number of fused-ring (bicyclic) bond motifs is 3. The first kappa shape index (κ1) is 18.9. The van der Waals surface area contributed by atoms with Crippen LogP contribution in [0.25, 0.3) is 10.4 Å². The molecule has 1 aliphatic heterocycles. The maximum absolute atomic E-state index is 12.2. The molecule has 142 valence electrons. The number of esters is 1. The van der Waals surface area contributed by atoms with E-state index in [1.807, 2.05) is 24.3 Å². The summed E-state index contributed by atoms with van der Waals surface area (Å²) in [6, 6.07) is 8.61. The van der Waals surface area contributed by atoms with E-state index in [-0.39, 0.29) is 6.54 Å². The van der Waals surface area contributed by atoms with Crippen LogP contribution in [0.1, 0.15) is 15.2 Å². The predicted molar refractivity (Wildman–Crippen MR) is 97.8 cm³/mol. The highest BCUT2D eigenvalue weighted by Crippen LogP contribution is 2.42. The van der Waals surface area contributed by atoms with Crippen molar-refractivity contribution >= 4 is 29.2 Å². The summed E-state index contributed by atoms with van der Waals surface area (Å²) in [5, 5.41) is 4.50. The number of ether oxygens (including phenoxy) is 3. The summed E-state index contributed by atoms with van der Waals surface area (Å²) in [5.74, 6) is -0.569. The van der Waals surface area contributed by atoms with Crippen LogP contribution in [-0.2, 0) is 20.9 Å². The number of hydrogen-bond donors (Lipinski definition) is 2. The summed E-state index contributed by atoms with van der Waals surface area (Å²) in [7, 11) is 1.50. The Hall–Kier alpha value is -2.91. The number of benzene rings is 1. The first-order valence-electron chi connectivity index (χ1n) is 8.17. The van der Waals surface area contributed by atoms with Gasteiger partial charge in [-0.15, -0.1) is 11.3 Å². The Bertz CT molecular complexity index is 863. The molecule has 1 aromatic heterocycles. The largest absolute Gasteiger partial charge is 0.488 e. The number of nitrogens with one attached hydrogen (secondary N) is 2. The standard InChI is InChI=1S/C18H18N2O6S/c1-24-7-6-19-18(23)20-15(21)10-26-17(22)14-8-11-9-25-13-5-3-2-4-12(13)16(11)27-14/h2-5,8H,6-7,9-10H2,1H3,(H2,19,20,21,23). The fourth-order valence-corrected chi connectivity index (χ4v) is 3.57. The first-order chi connectivity index (χ1) is 13.1. The zero-order chi connectivity index (χ0) is 19.2. The maximum Gasteiger partial charge on any atom is 0.348 e. The Balaban J connectivity index is 1.55. The van der Waals surface area contributed by atoms with Crippen LogP contribution >= 0.6 is 11.3 Å². The van der Waals surface area contributed by atoms with Gasteiger partial charge in [0.2, 0.25) is 0 Å². The average Bonchev–Trinajstić information content (AvgIpc) is 3.11. The van der Waals surface area contributed by atoms with Crippen LogP contribution in [-0.4, -0.2) is 44.8 Å². The molecule has 1 aromatic carbocycles. The summed E-state index contributed by atoms with van der Waals surface area (Å²) >= 11 is 1.29. The lowest BCUT2D eigenvalue weighted by atomic mass is 10.1. The number of amides is 3. The second-order valence-corrected chi connectivity index (χ2v) is 6.68. The third kappa shape index (κ3) is 4.63. The highest BCUT2D eigenvalue weighted by Gasteiger charge is 2.23. The topological polar surface area (TPSA) is 103 Å². The number of hydrogen-bond acceptors (Lipinski definition) is 7. The van der Waals surface area contributed by atoms with E-state index in [0.29, 0.717) is 18.1 Å². The lowest BCUT2D eigenvalue weighted by Crippen LogP contribution is -2.42. The molecule has 27 heavy (non-hydrogen) atoms. The number of para-hydroxylation sites is 1. The minimum Gasteiger partial charge on any atom is -0.488 e. The van der Waals surface area contributed by atoms with Crippen LogP contribution in [0, 0.1) is 0 Å². The van der Waals surface area contributed by atoms with Gasteiger partial charge < -0.3 is 19.5 Å². The molecule has 1 aliphatic rings. The number of imide groups is 1. The van der Waals surface area contributed by atoms with Gasteiger partial charge in [0, 0.05) is 29.7 Å².